The van der Waals surface area contributed by atoms with Crippen LogP contribution in [0.2, 0.25) is 0 Å². The highest BCUT2D eigenvalue weighted by Gasteiger charge is 2.20. The summed E-state index contributed by atoms with van der Waals surface area (Å²) in [5.74, 6) is -0.803. The Labute approximate surface area is 144 Å². The molecule has 0 saturated heterocycles. The van der Waals surface area contributed by atoms with Crippen molar-refractivity contribution in [2.75, 3.05) is 6.61 Å². The van der Waals surface area contributed by atoms with E-state index in [1.165, 1.54) is 11.6 Å². The first kappa shape index (κ1) is 18.2. The summed E-state index contributed by atoms with van der Waals surface area (Å²) in [7, 11) is 1.74. The van der Waals surface area contributed by atoms with Gasteiger partial charge < -0.3 is 9.94 Å². The van der Waals surface area contributed by atoms with Gasteiger partial charge in [-0.05, 0) is 32.9 Å². The largest absolute Gasteiger partial charge is 0.461 e. The number of oxime groups is 1. The van der Waals surface area contributed by atoms with Gasteiger partial charge in [-0.2, -0.15) is 0 Å². The summed E-state index contributed by atoms with van der Waals surface area (Å²) in [4.78, 5) is 28.8. The summed E-state index contributed by atoms with van der Waals surface area (Å²) in [6.07, 6.45) is 0. The van der Waals surface area contributed by atoms with Crippen LogP contribution < -0.4 is 5.56 Å². The van der Waals surface area contributed by atoms with Gasteiger partial charge in [0, 0.05) is 7.05 Å². The third kappa shape index (κ3) is 3.52. The fourth-order valence-electron chi connectivity index (χ4n) is 2.36. The number of rotatable bonds is 5. The number of benzene rings is 1. The Hall–Kier alpha value is -3.16. The van der Waals surface area contributed by atoms with E-state index in [1.807, 2.05) is 18.2 Å². The first-order valence-corrected chi connectivity index (χ1v) is 7.71. The van der Waals surface area contributed by atoms with E-state index >= 15 is 0 Å². The normalized spacial score (nSPS) is 12.3. The molecule has 1 heterocycles. The molecule has 0 aliphatic heterocycles. The topological polar surface area (TPSA) is 98.2 Å². The molecule has 0 unspecified atom stereocenters. The lowest BCUT2D eigenvalue weighted by Gasteiger charge is -2.07. The molecule has 0 bridgehead atoms. The van der Waals surface area contributed by atoms with Gasteiger partial charge in [0.1, 0.15) is 0 Å². The Morgan fingerprint density at radius 3 is 2.48 bits per heavy atom. The molecule has 2 aromatic rings. The zero-order valence-corrected chi connectivity index (χ0v) is 14.6. The van der Waals surface area contributed by atoms with Gasteiger partial charge in [0.05, 0.1) is 23.7 Å². The van der Waals surface area contributed by atoms with E-state index in [0.29, 0.717) is 11.4 Å². The van der Waals surface area contributed by atoms with E-state index in [1.54, 1.807) is 37.7 Å². The molecule has 132 valence electrons. The van der Waals surface area contributed by atoms with E-state index in [2.05, 4.69) is 10.1 Å². The van der Waals surface area contributed by atoms with Crippen LogP contribution in [0.15, 0.2) is 45.3 Å². The number of hydrogen-bond acceptors (Lipinski definition) is 6. The molecule has 0 amide bonds. The second kappa shape index (κ2) is 7.61. The van der Waals surface area contributed by atoms with Gasteiger partial charge in [-0.3, -0.25) is 9.48 Å². The number of hydrogen-bond donors (Lipinski definition) is 1. The number of carbonyl (C=O) groups is 1. The monoisotopic (exact) mass is 344 g/mol. The Kier molecular flexibility index (Phi) is 5.53. The molecule has 0 fully saturated rings. The molecule has 1 N–H and O–H groups in total. The summed E-state index contributed by atoms with van der Waals surface area (Å²) < 4.78 is 7.96. The molecule has 1 aromatic heterocycles. The van der Waals surface area contributed by atoms with Crippen molar-refractivity contribution in [3.8, 4) is 5.69 Å². The molecule has 0 atom stereocenters. The Morgan fingerprint density at radius 1 is 1.28 bits per heavy atom. The molecule has 0 aliphatic carbocycles. The predicted molar refractivity (Wildman–Crippen MR) is 94.4 cm³/mol. The fraction of sp³-hybridized carbons (Fsp3) is 0.294. The molecular weight excluding hydrogens is 324 g/mol. The molecule has 25 heavy (non-hydrogen) atoms. The SMILES string of the molecule is CCOC(=O)/C(=N\O)C(C)=Nc1c(C)n(C)n(-c2ccccc2)c1=O. The fourth-order valence-corrected chi connectivity index (χ4v) is 2.36. The molecule has 1 aromatic carbocycles. The van der Waals surface area contributed by atoms with Crippen LogP contribution in [0.1, 0.15) is 19.5 Å². The van der Waals surface area contributed by atoms with E-state index in [-0.39, 0.29) is 29.3 Å². The molecular formula is C17H20N4O4. The molecule has 8 nitrogen and oxygen atoms in total. The minimum atomic E-state index is -0.803. The molecule has 8 heteroatoms. The predicted octanol–water partition coefficient (Wildman–Crippen LogP) is 1.97. The van der Waals surface area contributed by atoms with Gasteiger partial charge >= 0.3 is 5.97 Å². The van der Waals surface area contributed by atoms with Gasteiger partial charge in [-0.1, -0.05) is 23.4 Å². The van der Waals surface area contributed by atoms with Gasteiger partial charge in [0.25, 0.3) is 5.56 Å². The standard InChI is InChI=1S/C17H20N4O4/c1-5-25-17(23)14(19-24)11(2)18-15-12(3)20(4)21(16(15)22)13-9-7-6-8-10-13/h6-10,24H,5H2,1-4H3/b18-11?,19-14-. The zero-order chi connectivity index (χ0) is 18.6. The van der Waals surface area contributed by atoms with Crippen LogP contribution in [0.3, 0.4) is 0 Å². The van der Waals surface area contributed by atoms with Gasteiger partial charge in [-0.15, -0.1) is 0 Å². The Morgan fingerprint density at radius 2 is 1.92 bits per heavy atom. The van der Waals surface area contributed by atoms with E-state index in [4.69, 9.17) is 9.94 Å². The third-order valence-corrected chi connectivity index (χ3v) is 3.71. The van der Waals surface area contributed by atoms with Crippen LogP contribution in [0, 0.1) is 6.92 Å². The second-order valence-corrected chi connectivity index (χ2v) is 5.28. The first-order valence-electron chi connectivity index (χ1n) is 7.71. The summed E-state index contributed by atoms with van der Waals surface area (Å²) in [6.45, 7) is 4.99. The number of aromatic nitrogens is 2. The number of ether oxygens (including phenoxy) is 1. The van der Waals surface area contributed by atoms with Crippen molar-refractivity contribution < 1.29 is 14.7 Å². The van der Waals surface area contributed by atoms with Crippen LogP contribution in [0.5, 0.6) is 0 Å². The van der Waals surface area contributed by atoms with E-state index in [9.17, 15) is 9.59 Å². The first-order chi connectivity index (χ1) is 11.9. The quantitative estimate of drug-likeness (QED) is 0.388. The minimum absolute atomic E-state index is 0.0898. The maximum absolute atomic E-state index is 12.8. The molecule has 2 rings (SSSR count). The number of para-hydroxylation sites is 1. The van der Waals surface area contributed by atoms with Crippen LogP contribution in [0.4, 0.5) is 5.69 Å². The van der Waals surface area contributed by atoms with Crippen molar-refractivity contribution in [2.24, 2.45) is 17.2 Å². The van der Waals surface area contributed by atoms with Crippen molar-refractivity contribution >= 4 is 23.1 Å². The van der Waals surface area contributed by atoms with E-state index < -0.39 is 5.97 Å². The minimum Gasteiger partial charge on any atom is -0.461 e. The zero-order valence-electron chi connectivity index (χ0n) is 14.6. The van der Waals surface area contributed by atoms with Crippen molar-refractivity contribution in [1.29, 1.82) is 0 Å². The van der Waals surface area contributed by atoms with Crippen molar-refractivity contribution in [1.82, 2.24) is 9.36 Å². The van der Waals surface area contributed by atoms with Gasteiger partial charge in [0.2, 0.25) is 5.71 Å². The third-order valence-electron chi connectivity index (χ3n) is 3.71. The highest BCUT2D eigenvalue weighted by atomic mass is 16.5. The van der Waals surface area contributed by atoms with Crippen LogP contribution in [-0.4, -0.2) is 38.6 Å². The summed E-state index contributed by atoms with van der Waals surface area (Å²) in [6, 6.07) is 9.13. The lowest BCUT2D eigenvalue weighted by Crippen LogP contribution is -2.25. The van der Waals surface area contributed by atoms with Gasteiger partial charge in [0.15, 0.2) is 5.69 Å². The van der Waals surface area contributed by atoms with Crippen molar-refractivity contribution in [2.45, 2.75) is 20.8 Å². The highest BCUT2D eigenvalue weighted by Crippen LogP contribution is 2.17. The summed E-state index contributed by atoms with van der Waals surface area (Å²) in [5, 5.41) is 12.0. The Balaban J connectivity index is 2.54. The molecule has 0 spiro atoms. The van der Waals surface area contributed by atoms with E-state index in [0.717, 1.165) is 0 Å². The van der Waals surface area contributed by atoms with Crippen molar-refractivity contribution in [3.05, 3.63) is 46.4 Å². The van der Waals surface area contributed by atoms with Gasteiger partial charge in [-0.25, -0.2) is 14.5 Å². The Bertz CT molecular complexity index is 891. The number of aliphatic imine (C=N–C) groups is 1. The van der Waals surface area contributed by atoms with Crippen molar-refractivity contribution in [3.63, 3.8) is 0 Å². The highest BCUT2D eigenvalue weighted by molar-refractivity contribution is 6.65. The smallest absolute Gasteiger partial charge is 0.362 e. The lowest BCUT2D eigenvalue weighted by atomic mass is 10.2. The molecule has 0 aliphatic rings. The average Bonchev–Trinajstić information content (AvgIpc) is 2.80. The average molecular weight is 344 g/mol. The molecule has 0 saturated carbocycles. The maximum atomic E-state index is 12.8. The lowest BCUT2D eigenvalue weighted by molar-refractivity contribution is -0.134. The number of carbonyl (C=O) groups excluding carboxylic acids is 1. The summed E-state index contributed by atoms with van der Waals surface area (Å²) in [5.41, 5.74) is 0.872. The second-order valence-electron chi connectivity index (χ2n) is 5.28. The summed E-state index contributed by atoms with van der Waals surface area (Å²) >= 11 is 0. The number of esters is 1. The maximum Gasteiger partial charge on any atom is 0.362 e. The van der Waals surface area contributed by atoms with Crippen LogP contribution >= 0.6 is 0 Å². The van der Waals surface area contributed by atoms with Crippen LogP contribution in [0.25, 0.3) is 5.69 Å². The number of nitrogens with zero attached hydrogens (tertiary/aromatic N) is 4. The molecule has 0 radical (unpaired) electrons. The van der Waals surface area contributed by atoms with Crippen LogP contribution in [-0.2, 0) is 16.6 Å².